The van der Waals surface area contributed by atoms with Gasteiger partial charge in [-0.1, -0.05) is 37.1 Å². The topological polar surface area (TPSA) is 79.0 Å². The lowest BCUT2D eigenvalue weighted by Gasteiger charge is -2.23. The standard InChI is InChI=1S/C26H37N3O4S/c1-20(2)28(3)19-23-12-8-7-11-22(23)18-27-26(30)21-13-14-24(33-4)25(17-21)34(31,32)29-15-9-5-6-10-16-29/h7-8,11-14,17,20H,5-6,9-10,15-16,18-19H2,1-4H3,(H,27,30). The highest BCUT2D eigenvalue weighted by Gasteiger charge is 2.29. The van der Waals surface area contributed by atoms with Crippen LogP contribution in [0, 0.1) is 0 Å². The van der Waals surface area contributed by atoms with E-state index in [-0.39, 0.29) is 16.6 Å². The number of hydrogen-bond acceptors (Lipinski definition) is 5. The summed E-state index contributed by atoms with van der Waals surface area (Å²) in [7, 11) is -0.238. The van der Waals surface area contributed by atoms with Crippen molar-refractivity contribution in [3.63, 3.8) is 0 Å². The fourth-order valence-electron chi connectivity index (χ4n) is 4.05. The van der Waals surface area contributed by atoms with Crippen LogP contribution in [0.5, 0.6) is 5.75 Å². The maximum Gasteiger partial charge on any atom is 0.251 e. The van der Waals surface area contributed by atoms with E-state index in [0.717, 1.165) is 43.4 Å². The third kappa shape index (κ3) is 6.37. The summed E-state index contributed by atoms with van der Waals surface area (Å²) in [6.07, 6.45) is 3.74. The maximum atomic E-state index is 13.4. The summed E-state index contributed by atoms with van der Waals surface area (Å²) in [4.78, 5) is 15.3. The molecule has 0 saturated carbocycles. The molecule has 0 unspecified atom stereocenters. The summed E-state index contributed by atoms with van der Waals surface area (Å²) in [6, 6.07) is 13.0. The van der Waals surface area contributed by atoms with Crippen LogP contribution in [0.2, 0.25) is 0 Å². The van der Waals surface area contributed by atoms with E-state index in [0.29, 0.717) is 31.2 Å². The number of amides is 1. The van der Waals surface area contributed by atoms with Crippen molar-refractivity contribution >= 4 is 15.9 Å². The SMILES string of the molecule is COc1ccc(C(=O)NCc2ccccc2CN(C)C(C)C)cc1S(=O)(=O)N1CCCCCC1. The van der Waals surface area contributed by atoms with E-state index in [4.69, 9.17) is 4.74 Å². The number of ether oxygens (including phenoxy) is 1. The van der Waals surface area contributed by atoms with Crippen LogP contribution < -0.4 is 10.1 Å². The van der Waals surface area contributed by atoms with Crippen LogP contribution in [0.15, 0.2) is 47.4 Å². The van der Waals surface area contributed by atoms with Crippen molar-refractivity contribution in [3.05, 3.63) is 59.2 Å². The van der Waals surface area contributed by atoms with Crippen LogP contribution in [0.3, 0.4) is 0 Å². The van der Waals surface area contributed by atoms with Crippen molar-refractivity contribution in [2.45, 2.75) is 63.6 Å². The van der Waals surface area contributed by atoms with Crippen molar-refractivity contribution < 1.29 is 17.9 Å². The molecule has 0 atom stereocenters. The van der Waals surface area contributed by atoms with Gasteiger partial charge in [0.2, 0.25) is 10.0 Å². The largest absolute Gasteiger partial charge is 0.495 e. The Morgan fingerprint density at radius 1 is 1.06 bits per heavy atom. The zero-order valence-electron chi connectivity index (χ0n) is 20.7. The summed E-state index contributed by atoms with van der Waals surface area (Å²) >= 11 is 0. The zero-order valence-corrected chi connectivity index (χ0v) is 21.5. The number of methoxy groups -OCH3 is 1. The Balaban J connectivity index is 1.79. The van der Waals surface area contributed by atoms with E-state index in [2.05, 4.69) is 37.2 Å². The van der Waals surface area contributed by atoms with Gasteiger partial charge < -0.3 is 10.1 Å². The first-order chi connectivity index (χ1) is 16.2. The van der Waals surface area contributed by atoms with Crippen molar-refractivity contribution in [2.75, 3.05) is 27.2 Å². The lowest BCUT2D eigenvalue weighted by Crippen LogP contribution is -2.32. The molecule has 0 aromatic heterocycles. The van der Waals surface area contributed by atoms with Gasteiger partial charge in [0.15, 0.2) is 0 Å². The highest BCUT2D eigenvalue weighted by Crippen LogP contribution is 2.29. The number of nitrogens with zero attached hydrogens (tertiary/aromatic N) is 2. The van der Waals surface area contributed by atoms with E-state index in [1.165, 1.54) is 17.5 Å². The van der Waals surface area contributed by atoms with Crippen LogP contribution in [0.4, 0.5) is 0 Å². The van der Waals surface area contributed by atoms with E-state index < -0.39 is 10.0 Å². The zero-order chi connectivity index (χ0) is 24.7. The van der Waals surface area contributed by atoms with Gasteiger partial charge in [0.05, 0.1) is 7.11 Å². The van der Waals surface area contributed by atoms with Gasteiger partial charge >= 0.3 is 0 Å². The molecule has 8 heteroatoms. The molecule has 1 heterocycles. The molecule has 1 aliphatic heterocycles. The van der Waals surface area contributed by atoms with Gasteiger partial charge in [0, 0.05) is 37.8 Å². The molecule has 3 rings (SSSR count). The fraction of sp³-hybridized carbons (Fsp3) is 0.500. The van der Waals surface area contributed by atoms with Crippen molar-refractivity contribution in [1.29, 1.82) is 0 Å². The molecule has 0 aliphatic carbocycles. The van der Waals surface area contributed by atoms with Crippen LogP contribution in [0.1, 0.15) is 61.0 Å². The second kappa shape index (κ2) is 11.8. The third-order valence-corrected chi connectivity index (χ3v) is 8.39. The summed E-state index contributed by atoms with van der Waals surface area (Å²) in [5.74, 6) is -0.0650. The van der Waals surface area contributed by atoms with Gasteiger partial charge in [-0.25, -0.2) is 8.42 Å². The van der Waals surface area contributed by atoms with Gasteiger partial charge in [-0.15, -0.1) is 0 Å². The van der Waals surface area contributed by atoms with Crippen LogP contribution >= 0.6 is 0 Å². The number of carbonyl (C=O) groups is 1. The number of sulfonamides is 1. The van der Waals surface area contributed by atoms with E-state index in [1.54, 1.807) is 12.1 Å². The number of nitrogens with one attached hydrogen (secondary N) is 1. The number of rotatable bonds is 9. The molecule has 7 nitrogen and oxygen atoms in total. The molecule has 0 radical (unpaired) electrons. The molecule has 1 N–H and O–H groups in total. The number of benzene rings is 2. The highest BCUT2D eigenvalue weighted by molar-refractivity contribution is 7.89. The average molecular weight is 488 g/mol. The van der Waals surface area contributed by atoms with Gasteiger partial charge in [-0.2, -0.15) is 4.31 Å². The summed E-state index contributed by atoms with van der Waals surface area (Å²) in [6.45, 7) is 6.41. The Hall–Kier alpha value is -2.42. The molecular weight excluding hydrogens is 450 g/mol. The predicted molar refractivity (Wildman–Crippen MR) is 134 cm³/mol. The third-order valence-electron chi connectivity index (χ3n) is 6.47. The first kappa shape index (κ1) is 26.2. The lowest BCUT2D eigenvalue weighted by atomic mass is 10.1. The van der Waals surface area contributed by atoms with Crippen molar-refractivity contribution in [3.8, 4) is 5.75 Å². The molecule has 2 aromatic carbocycles. The van der Waals surface area contributed by atoms with Crippen LogP contribution in [-0.4, -0.2) is 56.8 Å². The second-order valence-electron chi connectivity index (χ2n) is 9.14. The Morgan fingerprint density at radius 3 is 2.32 bits per heavy atom. The Kier molecular flexibility index (Phi) is 9.10. The van der Waals surface area contributed by atoms with Gasteiger partial charge in [0.1, 0.15) is 10.6 Å². The van der Waals surface area contributed by atoms with E-state index in [9.17, 15) is 13.2 Å². The first-order valence-corrected chi connectivity index (χ1v) is 13.4. The van der Waals surface area contributed by atoms with Crippen molar-refractivity contribution in [2.24, 2.45) is 0 Å². The molecule has 2 aromatic rings. The van der Waals surface area contributed by atoms with Crippen LogP contribution in [-0.2, 0) is 23.1 Å². The molecule has 1 saturated heterocycles. The summed E-state index contributed by atoms with van der Waals surface area (Å²) < 4.78 is 33.6. The number of hydrogen-bond donors (Lipinski definition) is 1. The lowest BCUT2D eigenvalue weighted by molar-refractivity contribution is 0.0950. The van der Waals surface area contributed by atoms with Crippen molar-refractivity contribution in [1.82, 2.24) is 14.5 Å². The van der Waals surface area contributed by atoms with E-state index >= 15 is 0 Å². The smallest absolute Gasteiger partial charge is 0.251 e. The quantitative estimate of drug-likeness (QED) is 0.578. The predicted octanol–water partition coefficient (Wildman–Crippen LogP) is 4.03. The first-order valence-electron chi connectivity index (χ1n) is 12.0. The minimum absolute atomic E-state index is 0.0449. The van der Waals surface area contributed by atoms with E-state index in [1.807, 2.05) is 18.2 Å². The second-order valence-corrected chi connectivity index (χ2v) is 11.1. The molecule has 34 heavy (non-hydrogen) atoms. The average Bonchev–Trinajstić information content (AvgIpc) is 3.13. The fourth-order valence-corrected chi connectivity index (χ4v) is 5.75. The molecule has 1 amide bonds. The van der Waals surface area contributed by atoms with Gasteiger partial charge in [-0.05, 0) is 63.1 Å². The molecule has 186 valence electrons. The molecule has 1 aliphatic rings. The summed E-state index contributed by atoms with van der Waals surface area (Å²) in [5.41, 5.74) is 2.48. The molecule has 0 bridgehead atoms. The minimum atomic E-state index is -3.76. The molecule has 1 fully saturated rings. The number of carbonyl (C=O) groups excluding carboxylic acids is 1. The highest BCUT2D eigenvalue weighted by atomic mass is 32.2. The Bertz CT molecular complexity index is 1080. The minimum Gasteiger partial charge on any atom is -0.495 e. The van der Waals surface area contributed by atoms with Gasteiger partial charge in [-0.3, -0.25) is 9.69 Å². The normalized spacial score (nSPS) is 15.4. The van der Waals surface area contributed by atoms with Gasteiger partial charge in [0.25, 0.3) is 5.91 Å². The molecular formula is C26H37N3O4S. The Morgan fingerprint density at radius 2 is 1.71 bits per heavy atom. The maximum absolute atomic E-state index is 13.4. The Labute approximate surface area is 204 Å². The molecule has 0 spiro atoms. The van der Waals surface area contributed by atoms with Crippen LogP contribution in [0.25, 0.3) is 0 Å². The monoisotopic (exact) mass is 487 g/mol. The summed E-state index contributed by atoms with van der Waals surface area (Å²) in [5, 5.41) is 2.96.